The first-order valence-electron chi connectivity index (χ1n) is 5.22. The van der Waals surface area contributed by atoms with Gasteiger partial charge in [-0.15, -0.1) is 47.9 Å². The van der Waals surface area contributed by atoms with Crippen LogP contribution < -0.4 is 18.9 Å². The van der Waals surface area contributed by atoms with E-state index in [0.717, 1.165) is 0 Å². The predicted molar refractivity (Wildman–Crippen MR) is 58.7 cm³/mol. The maximum absolute atomic E-state index is 2.35. The largest absolute Gasteiger partial charge is 1.00 e. The van der Waals surface area contributed by atoms with Gasteiger partial charge in [-0.1, -0.05) is 18.2 Å². The number of allylic oxidation sites excluding steroid dienone is 4. The van der Waals surface area contributed by atoms with Gasteiger partial charge in [0.15, 0.2) is 0 Å². The second-order valence-corrected chi connectivity index (χ2v) is 4.07. The Morgan fingerprint density at radius 1 is 1.00 bits per heavy atom. The van der Waals surface area contributed by atoms with Crippen LogP contribution in [-0.2, 0) is 0 Å². The first-order valence-corrected chi connectivity index (χ1v) is 5.22. The van der Waals surface area contributed by atoms with Crippen LogP contribution in [0.15, 0.2) is 54.6 Å². The summed E-state index contributed by atoms with van der Waals surface area (Å²) in [6, 6.07) is 10.7. The van der Waals surface area contributed by atoms with Crippen LogP contribution in [0, 0.1) is 17.8 Å². The third-order valence-electron chi connectivity index (χ3n) is 3.15. The molecule has 1 heteroatoms. The predicted octanol–water partition coefficient (Wildman–Crippen LogP) is 0.375. The molecule has 0 saturated carbocycles. The molecular formula is C14H13Li. The Bertz CT molecular complexity index is 378. The van der Waals surface area contributed by atoms with Crippen LogP contribution >= 0.6 is 0 Å². The third kappa shape index (κ3) is 1.93. The molecule has 2 bridgehead atoms. The average molecular weight is 188 g/mol. The van der Waals surface area contributed by atoms with E-state index in [4.69, 9.17) is 0 Å². The van der Waals surface area contributed by atoms with Crippen LogP contribution in [0.4, 0.5) is 0 Å². The van der Waals surface area contributed by atoms with Gasteiger partial charge in [0.05, 0.1) is 0 Å². The van der Waals surface area contributed by atoms with Crippen molar-refractivity contribution in [3.05, 3.63) is 66.1 Å². The number of rotatable bonds is 1. The smallest absolute Gasteiger partial charge is 0.148 e. The number of fused-ring (bicyclic) bond motifs is 2. The van der Waals surface area contributed by atoms with Crippen molar-refractivity contribution in [1.82, 2.24) is 0 Å². The Kier molecular flexibility index (Phi) is 3.10. The topological polar surface area (TPSA) is 0 Å². The maximum atomic E-state index is 2.35. The molecule has 0 N–H and O–H groups in total. The Balaban J connectivity index is 0.000000853. The number of hydrogen-bond acceptors (Lipinski definition) is 0. The molecule has 2 atom stereocenters. The zero-order chi connectivity index (χ0) is 9.38. The van der Waals surface area contributed by atoms with Crippen LogP contribution in [0.5, 0.6) is 0 Å². The molecule has 0 heterocycles. The van der Waals surface area contributed by atoms with E-state index >= 15 is 0 Å². The molecule has 0 nitrogen and oxygen atoms in total. The molecule has 0 aromatic heterocycles. The van der Waals surface area contributed by atoms with E-state index in [1.807, 2.05) is 0 Å². The van der Waals surface area contributed by atoms with Gasteiger partial charge in [-0.05, 0) is 18.3 Å². The Morgan fingerprint density at radius 2 is 1.80 bits per heavy atom. The monoisotopic (exact) mass is 188 g/mol. The van der Waals surface area contributed by atoms with Crippen molar-refractivity contribution in [2.24, 2.45) is 11.8 Å². The molecule has 0 saturated heterocycles. The molecule has 2 aliphatic rings. The van der Waals surface area contributed by atoms with Crippen LogP contribution in [0.2, 0.25) is 0 Å². The fourth-order valence-electron chi connectivity index (χ4n) is 2.39. The van der Waals surface area contributed by atoms with E-state index in [1.54, 1.807) is 0 Å². The van der Waals surface area contributed by atoms with Crippen LogP contribution in [0.1, 0.15) is 12.0 Å². The standard InChI is InChI=1S/C14H13.Li/c1-2-4-12(5-3-1)14-9-7-11-6-8-13(14)10-11;/h1-9,11,13H,10H2;/q-1;+1. The Labute approximate surface area is 103 Å². The zero-order valence-electron chi connectivity index (χ0n) is 9.06. The SMILES string of the molecule is C1=CC2C=CC(C2)[C-]1c1ccccc1.[Li+]. The van der Waals surface area contributed by atoms with E-state index in [-0.39, 0.29) is 18.9 Å². The quantitative estimate of drug-likeness (QED) is 0.339. The minimum absolute atomic E-state index is 0. The van der Waals surface area contributed by atoms with E-state index in [1.165, 1.54) is 17.9 Å². The molecule has 0 fully saturated rings. The second-order valence-electron chi connectivity index (χ2n) is 4.07. The summed E-state index contributed by atoms with van der Waals surface area (Å²) >= 11 is 0. The van der Waals surface area contributed by atoms with Crippen molar-refractivity contribution >= 4 is 0 Å². The fraction of sp³-hybridized carbons (Fsp3) is 0.214. The minimum atomic E-state index is 0. The zero-order valence-corrected chi connectivity index (χ0v) is 9.06. The Morgan fingerprint density at radius 3 is 2.60 bits per heavy atom. The number of benzene rings is 1. The summed E-state index contributed by atoms with van der Waals surface area (Å²) in [7, 11) is 0. The molecule has 70 valence electrons. The summed E-state index contributed by atoms with van der Waals surface area (Å²) in [4.78, 5) is 0. The first-order chi connectivity index (χ1) is 6.93. The van der Waals surface area contributed by atoms with E-state index in [2.05, 4.69) is 54.6 Å². The van der Waals surface area contributed by atoms with Gasteiger partial charge in [-0.25, -0.2) is 0 Å². The molecule has 15 heavy (non-hydrogen) atoms. The van der Waals surface area contributed by atoms with Crippen molar-refractivity contribution in [2.75, 3.05) is 0 Å². The van der Waals surface area contributed by atoms with E-state index < -0.39 is 0 Å². The van der Waals surface area contributed by atoms with Gasteiger partial charge >= 0.3 is 18.9 Å². The molecule has 0 amide bonds. The van der Waals surface area contributed by atoms with Gasteiger partial charge < -0.3 is 0 Å². The summed E-state index contributed by atoms with van der Waals surface area (Å²) in [6.07, 6.45) is 10.6. The van der Waals surface area contributed by atoms with Gasteiger partial charge in [0, 0.05) is 0 Å². The fourth-order valence-corrected chi connectivity index (χ4v) is 2.39. The van der Waals surface area contributed by atoms with E-state index in [9.17, 15) is 0 Å². The molecule has 0 aliphatic heterocycles. The summed E-state index contributed by atoms with van der Waals surface area (Å²) < 4.78 is 0. The van der Waals surface area contributed by atoms with E-state index in [0.29, 0.717) is 11.8 Å². The number of hydrogen-bond donors (Lipinski definition) is 0. The molecular weight excluding hydrogens is 175 g/mol. The molecule has 2 unspecified atom stereocenters. The summed E-state index contributed by atoms with van der Waals surface area (Å²) in [5, 5.41) is 0. The van der Waals surface area contributed by atoms with Gasteiger partial charge in [0.2, 0.25) is 0 Å². The summed E-state index contributed by atoms with van der Waals surface area (Å²) in [6.45, 7) is 0. The molecule has 2 aliphatic carbocycles. The van der Waals surface area contributed by atoms with Crippen molar-refractivity contribution < 1.29 is 18.9 Å². The third-order valence-corrected chi connectivity index (χ3v) is 3.15. The Hall–Kier alpha value is -0.833. The first kappa shape index (κ1) is 10.7. The van der Waals surface area contributed by atoms with Gasteiger partial charge in [-0.3, -0.25) is 0 Å². The molecule has 1 aromatic rings. The second kappa shape index (κ2) is 4.35. The summed E-state index contributed by atoms with van der Waals surface area (Å²) in [5.74, 6) is 2.84. The summed E-state index contributed by atoms with van der Waals surface area (Å²) in [5.41, 5.74) is 1.37. The van der Waals surface area contributed by atoms with Crippen molar-refractivity contribution in [3.63, 3.8) is 0 Å². The van der Waals surface area contributed by atoms with Gasteiger partial charge in [0.25, 0.3) is 0 Å². The molecule has 0 spiro atoms. The molecule has 3 rings (SSSR count). The normalized spacial score (nSPS) is 26.5. The van der Waals surface area contributed by atoms with Crippen molar-refractivity contribution in [1.29, 1.82) is 0 Å². The van der Waals surface area contributed by atoms with Crippen LogP contribution in [0.25, 0.3) is 0 Å². The molecule has 0 radical (unpaired) electrons. The minimum Gasteiger partial charge on any atom is -0.148 e. The van der Waals surface area contributed by atoms with Gasteiger partial charge in [-0.2, -0.15) is 0 Å². The van der Waals surface area contributed by atoms with Gasteiger partial charge in [0.1, 0.15) is 0 Å². The molecule has 1 aromatic carbocycles. The van der Waals surface area contributed by atoms with Crippen LogP contribution in [-0.4, -0.2) is 0 Å². The average Bonchev–Trinajstić information content (AvgIpc) is 2.62. The van der Waals surface area contributed by atoms with Crippen molar-refractivity contribution in [3.8, 4) is 0 Å². The van der Waals surface area contributed by atoms with Crippen molar-refractivity contribution in [2.45, 2.75) is 6.42 Å². The van der Waals surface area contributed by atoms with Crippen LogP contribution in [0.3, 0.4) is 0 Å². The maximum Gasteiger partial charge on any atom is 1.00 e.